The fourth-order valence-corrected chi connectivity index (χ4v) is 8.59. The molecule has 6 fully saturated rings. The van der Waals surface area contributed by atoms with Crippen LogP contribution in [0.1, 0.15) is 64.7 Å². The van der Waals surface area contributed by atoms with Gasteiger partial charge in [-0.2, -0.15) is 0 Å². The number of hydrogen-bond donors (Lipinski definition) is 1. The molecule has 0 aromatic rings. The number of rotatable bonds is 10. The Labute approximate surface area is 256 Å². The van der Waals surface area contributed by atoms with Gasteiger partial charge in [-0.05, 0) is 67.9 Å². The normalized spacial score (nSPS) is 44.4. The first-order chi connectivity index (χ1) is 20.8. The highest BCUT2D eigenvalue weighted by molar-refractivity contribution is 5.79. The maximum Gasteiger partial charge on any atom is 0.135 e. The van der Waals surface area contributed by atoms with Gasteiger partial charge in [-0.1, -0.05) is 20.1 Å². The van der Waals surface area contributed by atoms with Gasteiger partial charge in [0.15, 0.2) is 0 Å². The van der Waals surface area contributed by atoms with Crippen LogP contribution in [0.5, 0.6) is 0 Å². The molecule has 9 nitrogen and oxygen atoms in total. The Kier molecular flexibility index (Phi) is 10.4. The number of fused-ring (bicyclic) bond motifs is 1. The Morgan fingerprint density at radius 3 is 2.53 bits per heavy atom. The van der Waals surface area contributed by atoms with Crippen LogP contribution in [0, 0.1) is 23.7 Å². The van der Waals surface area contributed by atoms with E-state index in [1.54, 1.807) is 7.11 Å². The van der Waals surface area contributed by atoms with Crippen molar-refractivity contribution in [2.24, 2.45) is 23.7 Å². The van der Waals surface area contributed by atoms with E-state index in [0.717, 1.165) is 62.7 Å². The van der Waals surface area contributed by atoms with Gasteiger partial charge >= 0.3 is 0 Å². The van der Waals surface area contributed by atoms with E-state index in [2.05, 4.69) is 13.2 Å². The van der Waals surface area contributed by atoms with Crippen LogP contribution < -0.4 is 0 Å². The summed E-state index contributed by atoms with van der Waals surface area (Å²) in [5.41, 5.74) is 2.32. The Balaban J connectivity index is 1.05. The predicted octanol–water partition coefficient (Wildman–Crippen LogP) is 3.80. The van der Waals surface area contributed by atoms with Crippen LogP contribution in [0.15, 0.2) is 24.3 Å². The second-order valence-electron chi connectivity index (χ2n) is 14.0. The highest BCUT2D eigenvalue weighted by Crippen LogP contribution is 2.44. The standard InChI is InChI=1S/C34H52O9/c1-19-11-25(40-15-19)14-27(26-9-10-38-16-20(26)2)28-7-8-29(42-28)33-21(3)32(36)34-30(43-33)6-5-24(41-34)13-23(35)12-22-17-39-18-31(22)37-4/h21-22,24-34,36H,1-2,5-18H2,3-4H3/t21?,22-,24+,25+,26+,27?,28-,29-,30-,31-,32+,33?,34?/m0/s1. The van der Waals surface area contributed by atoms with Crippen molar-refractivity contribution < 1.29 is 43.1 Å². The van der Waals surface area contributed by atoms with Crippen molar-refractivity contribution in [3.63, 3.8) is 0 Å². The number of aliphatic hydroxyl groups is 1. The minimum Gasteiger partial charge on any atom is -0.390 e. The zero-order valence-corrected chi connectivity index (χ0v) is 26.0. The molecule has 9 heteroatoms. The summed E-state index contributed by atoms with van der Waals surface area (Å²) in [6.45, 7) is 13.7. The van der Waals surface area contributed by atoms with Crippen LogP contribution in [0.4, 0.5) is 0 Å². The summed E-state index contributed by atoms with van der Waals surface area (Å²) in [7, 11) is 1.67. The van der Waals surface area contributed by atoms with Crippen molar-refractivity contribution in [3.8, 4) is 0 Å². The summed E-state index contributed by atoms with van der Waals surface area (Å²) in [6.07, 6.45) is 5.44. The molecule has 0 bridgehead atoms. The van der Waals surface area contributed by atoms with Crippen molar-refractivity contribution in [1.29, 1.82) is 0 Å². The molecule has 0 radical (unpaired) electrons. The molecule has 242 valence electrons. The number of ether oxygens (including phenoxy) is 7. The summed E-state index contributed by atoms with van der Waals surface area (Å²) in [6, 6.07) is 0. The van der Waals surface area contributed by atoms with E-state index in [4.69, 9.17) is 33.2 Å². The number of methoxy groups -OCH3 is 1. The Morgan fingerprint density at radius 1 is 0.953 bits per heavy atom. The Bertz CT molecular complexity index is 998. The van der Waals surface area contributed by atoms with E-state index < -0.39 is 12.2 Å². The number of Topliss-reactive ketones (excluding diaryl/α,β-unsaturated/α-hetero) is 1. The van der Waals surface area contributed by atoms with Gasteiger partial charge < -0.3 is 38.3 Å². The molecular formula is C34H52O9. The number of ketones is 1. The van der Waals surface area contributed by atoms with Gasteiger partial charge in [0, 0.05) is 38.4 Å². The molecule has 1 N–H and O–H groups in total. The van der Waals surface area contributed by atoms with Crippen LogP contribution in [0.2, 0.25) is 0 Å². The predicted molar refractivity (Wildman–Crippen MR) is 159 cm³/mol. The van der Waals surface area contributed by atoms with Gasteiger partial charge in [0.05, 0.1) is 75.3 Å². The molecule has 0 amide bonds. The first-order valence-electron chi connectivity index (χ1n) is 16.6. The molecule has 0 aromatic heterocycles. The zero-order valence-electron chi connectivity index (χ0n) is 26.0. The largest absolute Gasteiger partial charge is 0.390 e. The number of carbonyl (C=O) groups excluding carboxylic acids is 1. The Hall–Kier alpha value is -1.17. The molecule has 13 atom stereocenters. The minimum absolute atomic E-state index is 0.0221. The van der Waals surface area contributed by atoms with Crippen LogP contribution >= 0.6 is 0 Å². The van der Waals surface area contributed by atoms with Crippen LogP contribution in [0.25, 0.3) is 0 Å². The fourth-order valence-electron chi connectivity index (χ4n) is 8.59. The van der Waals surface area contributed by atoms with E-state index in [1.807, 2.05) is 6.92 Å². The van der Waals surface area contributed by atoms with E-state index in [-0.39, 0.29) is 60.3 Å². The van der Waals surface area contributed by atoms with E-state index in [9.17, 15) is 9.90 Å². The smallest absolute Gasteiger partial charge is 0.135 e. The molecule has 0 spiro atoms. The lowest BCUT2D eigenvalue weighted by atomic mass is 9.76. The average molecular weight is 605 g/mol. The molecule has 0 saturated carbocycles. The van der Waals surface area contributed by atoms with Gasteiger partial charge in [0.1, 0.15) is 11.9 Å². The summed E-state index contributed by atoms with van der Waals surface area (Å²) in [5, 5.41) is 11.5. The lowest BCUT2D eigenvalue weighted by molar-refractivity contribution is -0.264. The van der Waals surface area contributed by atoms with Gasteiger partial charge in [-0.3, -0.25) is 4.79 Å². The molecule has 4 unspecified atom stereocenters. The van der Waals surface area contributed by atoms with Crippen molar-refractivity contribution in [1.82, 2.24) is 0 Å². The SMILES string of the molecule is C=C1CO[C@@H](CC([C@@H]2CC[C@@H](C3O[C@H]4CC[C@H](CC(=O)C[C@H]5COC[C@@H]5OC)OC4[C@H](O)C3C)O2)[C@@H]2CCOCC2=C)C1. The number of carbonyl (C=O) groups is 1. The van der Waals surface area contributed by atoms with E-state index >= 15 is 0 Å². The molecule has 0 aromatic carbocycles. The summed E-state index contributed by atoms with van der Waals surface area (Å²) >= 11 is 0. The van der Waals surface area contributed by atoms with Crippen molar-refractivity contribution >= 4 is 5.78 Å². The maximum atomic E-state index is 12.9. The van der Waals surface area contributed by atoms with Crippen LogP contribution in [-0.4, -0.2) is 106 Å². The van der Waals surface area contributed by atoms with Gasteiger partial charge in [0.25, 0.3) is 0 Å². The van der Waals surface area contributed by atoms with E-state index in [1.165, 1.54) is 0 Å². The number of aliphatic hydroxyl groups excluding tert-OH is 1. The lowest BCUT2D eigenvalue weighted by Gasteiger charge is -2.49. The molecule has 6 saturated heterocycles. The molecular weight excluding hydrogens is 552 g/mol. The molecule has 6 aliphatic rings. The van der Waals surface area contributed by atoms with Crippen LogP contribution in [-0.2, 0) is 38.0 Å². The quantitative estimate of drug-likeness (QED) is 0.373. The lowest BCUT2D eigenvalue weighted by Crippen LogP contribution is -2.60. The molecule has 6 aliphatic heterocycles. The highest BCUT2D eigenvalue weighted by atomic mass is 16.6. The third-order valence-corrected chi connectivity index (χ3v) is 11.0. The highest BCUT2D eigenvalue weighted by Gasteiger charge is 2.51. The van der Waals surface area contributed by atoms with Crippen molar-refractivity contribution in [3.05, 3.63) is 24.3 Å². The zero-order chi connectivity index (χ0) is 30.1. The fraction of sp³-hybridized carbons (Fsp3) is 0.853. The minimum atomic E-state index is -0.672. The van der Waals surface area contributed by atoms with Gasteiger partial charge in [0.2, 0.25) is 0 Å². The summed E-state index contributed by atoms with van der Waals surface area (Å²) in [5.74, 6) is 0.777. The third kappa shape index (κ3) is 7.14. The summed E-state index contributed by atoms with van der Waals surface area (Å²) in [4.78, 5) is 12.9. The van der Waals surface area contributed by atoms with Crippen molar-refractivity contribution in [2.45, 2.75) is 120 Å². The number of hydrogen-bond acceptors (Lipinski definition) is 9. The molecule has 6 heterocycles. The van der Waals surface area contributed by atoms with Crippen LogP contribution in [0.3, 0.4) is 0 Å². The average Bonchev–Trinajstić information content (AvgIpc) is 3.76. The molecule has 0 aliphatic carbocycles. The van der Waals surface area contributed by atoms with Gasteiger partial charge in [-0.25, -0.2) is 0 Å². The molecule has 43 heavy (non-hydrogen) atoms. The first kappa shape index (κ1) is 31.8. The second kappa shape index (κ2) is 14.1. The summed E-state index contributed by atoms with van der Waals surface area (Å²) < 4.78 is 42.6. The second-order valence-corrected chi connectivity index (χ2v) is 14.0. The first-order valence-corrected chi connectivity index (χ1v) is 16.6. The monoisotopic (exact) mass is 604 g/mol. The van der Waals surface area contributed by atoms with E-state index in [0.29, 0.717) is 51.1 Å². The topological polar surface area (TPSA) is 102 Å². The maximum absolute atomic E-state index is 12.9. The third-order valence-electron chi connectivity index (χ3n) is 11.0. The molecule has 6 rings (SSSR count). The van der Waals surface area contributed by atoms with Gasteiger partial charge in [-0.15, -0.1) is 0 Å². The Morgan fingerprint density at radius 2 is 1.77 bits per heavy atom. The van der Waals surface area contributed by atoms with Crippen molar-refractivity contribution in [2.75, 3.05) is 40.1 Å².